The van der Waals surface area contributed by atoms with Gasteiger partial charge in [0.05, 0.1) is 7.11 Å². The smallest absolute Gasteiger partial charge is 0.165 e. The Morgan fingerprint density at radius 3 is 2.69 bits per heavy atom. The van der Waals surface area contributed by atoms with E-state index in [1.165, 1.54) is 13.2 Å². The van der Waals surface area contributed by atoms with Gasteiger partial charge in [0.1, 0.15) is 0 Å². The standard InChI is InChI=1S/C14H19FO/c1-5-10(2)8-11(3)12-6-7-14(16-4)13(15)9-12/h6-10H,5H2,1-4H3/b11-8+. The van der Waals surface area contributed by atoms with Crippen LogP contribution in [-0.4, -0.2) is 7.11 Å². The molecule has 0 bridgehead atoms. The molecule has 0 saturated heterocycles. The predicted molar refractivity (Wildman–Crippen MR) is 66.1 cm³/mol. The van der Waals surface area contributed by atoms with E-state index >= 15 is 0 Å². The van der Waals surface area contributed by atoms with Gasteiger partial charge in [0.25, 0.3) is 0 Å². The highest BCUT2D eigenvalue weighted by atomic mass is 19.1. The molecule has 0 aliphatic carbocycles. The summed E-state index contributed by atoms with van der Waals surface area (Å²) in [7, 11) is 1.47. The maximum absolute atomic E-state index is 13.5. The minimum absolute atomic E-state index is 0.292. The molecule has 0 aliphatic heterocycles. The molecule has 1 aromatic carbocycles. The zero-order chi connectivity index (χ0) is 12.1. The maximum Gasteiger partial charge on any atom is 0.165 e. The molecule has 0 heterocycles. The Morgan fingerprint density at radius 2 is 2.19 bits per heavy atom. The first-order chi connectivity index (χ1) is 7.58. The molecule has 0 radical (unpaired) electrons. The van der Waals surface area contributed by atoms with Crippen LogP contribution in [-0.2, 0) is 0 Å². The quantitative estimate of drug-likeness (QED) is 0.738. The van der Waals surface area contributed by atoms with Crippen LogP contribution in [0, 0.1) is 11.7 Å². The molecule has 2 heteroatoms. The third-order valence-corrected chi connectivity index (χ3v) is 2.79. The molecule has 0 N–H and O–H groups in total. The Kier molecular flexibility index (Phi) is 4.53. The van der Waals surface area contributed by atoms with Crippen LogP contribution in [0.1, 0.15) is 32.8 Å². The Hall–Kier alpha value is -1.31. The van der Waals surface area contributed by atoms with E-state index < -0.39 is 0 Å². The van der Waals surface area contributed by atoms with Gasteiger partial charge < -0.3 is 4.74 Å². The zero-order valence-corrected chi connectivity index (χ0v) is 10.4. The Balaban J connectivity index is 2.97. The third-order valence-electron chi connectivity index (χ3n) is 2.79. The number of benzene rings is 1. The van der Waals surface area contributed by atoms with Crippen molar-refractivity contribution in [3.8, 4) is 5.75 Å². The van der Waals surface area contributed by atoms with Crippen LogP contribution in [0.5, 0.6) is 5.75 Å². The normalized spacial score (nSPS) is 13.7. The van der Waals surface area contributed by atoms with Crippen LogP contribution in [0.4, 0.5) is 4.39 Å². The summed E-state index contributed by atoms with van der Waals surface area (Å²) in [6, 6.07) is 5.07. The van der Waals surface area contributed by atoms with Crippen LogP contribution in [0.25, 0.3) is 5.57 Å². The molecule has 0 aliphatic rings. The highest BCUT2D eigenvalue weighted by Crippen LogP contribution is 2.23. The second-order valence-corrected chi connectivity index (χ2v) is 4.08. The van der Waals surface area contributed by atoms with E-state index in [0.717, 1.165) is 17.6 Å². The van der Waals surface area contributed by atoms with Crippen LogP contribution in [0.15, 0.2) is 24.3 Å². The molecule has 1 aromatic rings. The summed E-state index contributed by atoms with van der Waals surface area (Å²) in [5.41, 5.74) is 2.02. The van der Waals surface area contributed by atoms with Crippen molar-refractivity contribution in [1.82, 2.24) is 0 Å². The largest absolute Gasteiger partial charge is 0.494 e. The first-order valence-corrected chi connectivity index (χ1v) is 5.60. The van der Waals surface area contributed by atoms with E-state index in [2.05, 4.69) is 19.9 Å². The van der Waals surface area contributed by atoms with Crippen LogP contribution >= 0.6 is 0 Å². The number of ether oxygens (including phenoxy) is 1. The van der Waals surface area contributed by atoms with Gasteiger partial charge in [-0.2, -0.15) is 0 Å². The summed E-state index contributed by atoms with van der Waals surface area (Å²) < 4.78 is 18.4. The molecule has 1 unspecified atom stereocenters. The average Bonchev–Trinajstić information content (AvgIpc) is 2.28. The molecule has 0 amide bonds. The molecule has 88 valence electrons. The van der Waals surface area contributed by atoms with Gasteiger partial charge in [-0.3, -0.25) is 0 Å². The highest BCUT2D eigenvalue weighted by Gasteiger charge is 2.05. The number of rotatable bonds is 4. The molecular weight excluding hydrogens is 203 g/mol. The van der Waals surface area contributed by atoms with E-state index in [0.29, 0.717) is 11.7 Å². The molecule has 1 nitrogen and oxygen atoms in total. The lowest BCUT2D eigenvalue weighted by molar-refractivity contribution is 0.386. The Bertz CT molecular complexity index is 382. The summed E-state index contributed by atoms with van der Waals surface area (Å²) in [5, 5.41) is 0. The predicted octanol–water partition coefficient (Wildman–Crippen LogP) is 4.28. The van der Waals surface area contributed by atoms with Crippen molar-refractivity contribution in [2.24, 2.45) is 5.92 Å². The van der Waals surface area contributed by atoms with Crippen molar-refractivity contribution in [3.05, 3.63) is 35.7 Å². The third kappa shape index (κ3) is 3.09. The van der Waals surface area contributed by atoms with Gasteiger partial charge in [-0.15, -0.1) is 0 Å². The molecular formula is C14H19FO. The van der Waals surface area contributed by atoms with Crippen molar-refractivity contribution in [2.45, 2.75) is 27.2 Å². The van der Waals surface area contributed by atoms with Gasteiger partial charge in [-0.25, -0.2) is 4.39 Å². The average molecular weight is 222 g/mol. The van der Waals surface area contributed by atoms with Gasteiger partial charge in [0.15, 0.2) is 11.6 Å². The van der Waals surface area contributed by atoms with Crippen LogP contribution < -0.4 is 4.74 Å². The number of halogens is 1. The molecule has 0 fully saturated rings. The van der Waals surface area contributed by atoms with E-state index in [-0.39, 0.29) is 5.82 Å². The minimum Gasteiger partial charge on any atom is -0.494 e. The fourth-order valence-electron chi connectivity index (χ4n) is 1.55. The first-order valence-electron chi connectivity index (χ1n) is 5.60. The SMILES string of the molecule is CCC(C)/C=C(\C)c1ccc(OC)c(F)c1. The molecule has 1 atom stereocenters. The Labute approximate surface area is 96.9 Å². The lowest BCUT2D eigenvalue weighted by Crippen LogP contribution is -1.92. The molecule has 1 rings (SSSR count). The highest BCUT2D eigenvalue weighted by molar-refractivity contribution is 5.64. The number of hydrogen-bond donors (Lipinski definition) is 0. The molecule has 0 saturated carbocycles. The Morgan fingerprint density at radius 1 is 1.50 bits per heavy atom. The minimum atomic E-state index is -0.308. The zero-order valence-electron chi connectivity index (χ0n) is 10.4. The summed E-state index contributed by atoms with van der Waals surface area (Å²) >= 11 is 0. The van der Waals surface area contributed by atoms with Crippen LogP contribution in [0.2, 0.25) is 0 Å². The maximum atomic E-state index is 13.5. The van der Waals surface area contributed by atoms with Crippen molar-refractivity contribution >= 4 is 5.57 Å². The van der Waals surface area contributed by atoms with Crippen molar-refractivity contribution in [3.63, 3.8) is 0 Å². The van der Waals surface area contributed by atoms with Gasteiger partial charge in [-0.05, 0) is 36.1 Å². The second kappa shape index (κ2) is 5.69. The summed E-state index contributed by atoms with van der Waals surface area (Å²) in [6.07, 6.45) is 3.26. The lowest BCUT2D eigenvalue weighted by Gasteiger charge is -2.08. The summed E-state index contributed by atoms with van der Waals surface area (Å²) in [6.45, 7) is 6.31. The van der Waals surface area contributed by atoms with Gasteiger partial charge in [-0.1, -0.05) is 32.4 Å². The van der Waals surface area contributed by atoms with Crippen LogP contribution in [0.3, 0.4) is 0 Å². The summed E-state index contributed by atoms with van der Waals surface area (Å²) in [4.78, 5) is 0. The molecule has 16 heavy (non-hydrogen) atoms. The van der Waals surface area contributed by atoms with E-state index in [1.807, 2.05) is 13.0 Å². The topological polar surface area (TPSA) is 9.23 Å². The van der Waals surface area contributed by atoms with E-state index in [9.17, 15) is 4.39 Å². The molecule has 0 spiro atoms. The monoisotopic (exact) mass is 222 g/mol. The van der Waals surface area contributed by atoms with Gasteiger partial charge in [0.2, 0.25) is 0 Å². The van der Waals surface area contributed by atoms with Crippen molar-refractivity contribution < 1.29 is 9.13 Å². The van der Waals surface area contributed by atoms with Gasteiger partial charge >= 0.3 is 0 Å². The van der Waals surface area contributed by atoms with Crippen molar-refractivity contribution in [2.75, 3.05) is 7.11 Å². The second-order valence-electron chi connectivity index (χ2n) is 4.08. The number of hydrogen-bond acceptors (Lipinski definition) is 1. The fourth-order valence-corrected chi connectivity index (χ4v) is 1.55. The number of allylic oxidation sites excluding steroid dienone is 2. The van der Waals surface area contributed by atoms with Crippen molar-refractivity contribution in [1.29, 1.82) is 0 Å². The van der Waals surface area contributed by atoms with Gasteiger partial charge in [0, 0.05) is 0 Å². The lowest BCUT2D eigenvalue weighted by atomic mass is 10.0. The number of methoxy groups -OCH3 is 1. The van der Waals surface area contributed by atoms with E-state index in [1.54, 1.807) is 6.07 Å². The molecule has 0 aromatic heterocycles. The fraction of sp³-hybridized carbons (Fsp3) is 0.429. The first kappa shape index (κ1) is 12.8. The summed E-state index contributed by atoms with van der Waals surface area (Å²) in [5.74, 6) is 0.502. The van der Waals surface area contributed by atoms with E-state index in [4.69, 9.17) is 4.74 Å².